The topological polar surface area (TPSA) is 57.2 Å². The molecule has 0 amide bonds. The second-order valence-electron chi connectivity index (χ2n) is 3.16. The van der Waals surface area contributed by atoms with Crippen LogP contribution >= 0.6 is 0 Å². The fraction of sp³-hybridized carbons (Fsp3) is 0.0833. The molecule has 0 fully saturated rings. The van der Waals surface area contributed by atoms with E-state index in [0.717, 1.165) is 0 Å². The van der Waals surface area contributed by atoms with Crippen molar-refractivity contribution >= 4 is 0 Å². The number of aliphatic hydroxyl groups is 1. The summed E-state index contributed by atoms with van der Waals surface area (Å²) in [5, 5.41) is 18.6. The van der Waals surface area contributed by atoms with E-state index in [1.165, 1.54) is 6.26 Å². The minimum atomic E-state index is -0.812. The van der Waals surface area contributed by atoms with Crippen molar-refractivity contribution in [1.29, 1.82) is 5.26 Å². The molecule has 1 N–H and O–H groups in total. The average Bonchev–Trinajstić information content (AvgIpc) is 2.81. The van der Waals surface area contributed by atoms with Crippen molar-refractivity contribution in [3.63, 3.8) is 0 Å². The molecule has 0 aliphatic carbocycles. The number of hydrogen-bond acceptors (Lipinski definition) is 3. The molecule has 0 saturated carbocycles. The molecule has 1 aromatic heterocycles. The lowest BCUT2D eigenvalue weighted by Crippen LogP contribution is -1.97. The number of furan rings is 1. The normalized spacial score (nSPS) is 12.0. The van der Waals surface area contributed by atoms with Crippen molar-refractivity contribution in [2.45, 2.75) is 6.10 Å². The summed E-state index contributed by atoms with van der Waals surface area (Å²) in [5.74, 6) is 0.477. The largest absolute Gasteiger partial charge is 0.466 e. The molecular weight excluding hydrogens is 190 g/mol. The highest BCUT2D eigenvalue weighted by molar-refractivity contribution is 5.35. The maximum Gasteiger partial charge on any atom is 0.137 e. The summed E-state index contributed by atoms with van der Waals surface area (Å²) in [4.78, 5) is 0. The second kappa shape index (κ2) is 3.99. The minimum absolute atomic E-state index is 0.477. The molecule has 1 aromatic carbocycles. The maximum atomic E-state index is 9.90. The lowest BCUT2D eigenvalue weighted by atomic mass is 10.1. The van der Waals surface area contributed by atoms with Crippen LogP contribution in [0.25, 0.3) is 0 Å². The lowest BCUT2D eigenvalue weighted by Gasteiger charge is -2.07. The smallest absolute Gasteiger partial charge is 0.137 e. The van der Waals surface area contributed by atoms with Crippen molar-refractivity contribution in [2.75, 3.05) is 0 Å². The van der Waals surface area contributed by atoms with Gasteiger partial charge in [0.1, 0.15) is 11.9 Å². The van der Waals surface area contributed by atoms with E-state index >= 15 is 0 Å². The van der Waals surface area contributed by atoms with Crippen molar-refractivity contribution in [1.82, 2.24) is 0 Å². The third-order valence-corrected chi connectivity index (χ3v) is 2.14. The van der Waals surface area contributed by atoms with E-state index in [0.29, 0.717) is 16.9 Å². The van der Waals surface area contributed by atoms with Gasteiger partial charge in [0.05, 0.1) is 17.9 Å². The molecular formula is C12H9NO2. The molecule has 3 heteroatoms. The van der Waals surface area contributed by atoms with E-state index in [4.69, 9.17) is 9.68 Å². The van der Waals surface area contributed by atoms with Crippen LogP contribution in [0.4, 0.5) is 0 Å². The van der Waals surface area contributed by atoms with Crippen LogP contribution in [0.15, 0.2) is 47.1 Å². The van der Waals surface area contributed by atoms with E-state index in [1.54, 1.807) is 36.4 Å². The first-order valence-corrected chi connectivity index (χ1v) is 4.53. The Labute approximate surface area is 87.2 Å². The Morgan fingerprint density at radius 1 is 1.27 bits per heavy atom. The summed E-state index contributed by atoms with van der Waals surface area (Å²) < 4.78 is 5.09. The molecule has 3 nitrogen and oxygen atoms in total. The number of rotatable bonds is 2. The lowest BCUT2D eigenvalue weighted by molar-refractivity contribution is 0.189. The third kappa shape index (κ3) is 1.90. The molecule has 0 radical (unpaired) electrons. The zero-order valence-corrected chi connectivity index (χ0v) is 7.92. The van der Waals surface area contributed by atoms with Crippen LogP contribution in [0.3, 0.4) is 0 Å². The molecule has 1 atom stereocenters. The maximum absolute atomic E-state index is 9.90. The second-order valence-corrected chi connectivity index (χ2v) is 3.16. The minimum Gasteiger partial charge on any atom is -0.466 e. The highest BCUT2D eigenvalue weighted by Gasteiger charge is 2.12. The summed E-state index contributed by atoms with van der Waals surface area (Å²) in [6.07, 6.45) is 0.695. The predicted molar refractivity (Wildman–Crippen MR) is 53.9 cm³/mol. The number of hydrogen-bond donors (Lipinski definition) is 1. The van der Waals surface area contributed by atoms with Crippen LogP contribution in [0.2, 0.25) is 0 Å². The van der Waals surface area contributed by atoms with Gasteiger partial charge in [0, 0.05) is 0 Å². The van der Waals surface area contributed by atoms with E-state index in [-0.39, 0.29) is 0 Å². The van der Waals surface area contributed by atoms with Crippen LogP contribution in [0.1, 0.15) is 23.0 Å². The summed E-state index contributed by atoms with van der Waals surface area (Å²) >= 11 is 0. The first-order chi connectivity index (χ1) is 7.31. The quantitative estimate of drug-likeness (QED) is 0.806. The van der Waals surface area contributed by atoms with Gasteiger partial charge in [0.25, 0.3) is 0 Å². The molecule has 2 rings (SSSR count). The Bertz CT molecular complexity index is 483. The molecule has 0 saturated heterocycles. The predicted octanol–water partition coefficient (Wildman–Crippen LogP) is 2.23. The first kappa shape index (κ1) is 9.50. The number of benzene rings is 1. The van der Waals surface area contributed by atoms with Gasteiger partial charge in [-0.2, -0.15) is 5.26 Å². The van der Waals surface area contributed by atoms with E-state index in [1.807, 2.05) is 6.07 Å². The molecule has 1 heterocycles. The van der Waals surface area contributed by atoms with Gasteiger partial charge >= 0.3 is 0 Å². The summed E-state index contributed by atoms with van der Waals surface area (Å²) in [6.45, 7) is 0. The van der Waals surface area contributed by atoms with Crippen molar-refractivity contribution in [3.05, 3.63) is 59.5 Å². The Morgan fingerprint density at radius 3 is 2.80 bits per heavy atom. The summed E-state index contributed by atoms with van der Waals surface area (Å²) in [6, 6.07) is 12.3. The van der Waals surface area contributed by atoms with Crippen LogP contribution in [0, 0.1) is 11.3 Å². The zero-order valence-electron chi connectivity index (χ0n) is 7.92. The van der Waals surface area contributed by atoms with Crippen LogP contribution in [0.5, 0.6) is 0 Å². The number of nitrogens with zero attached hydrogens (tertiary/aromatic N) is 1. The average molecular weight is 199 g/mol. The molecule has 15 heavy (non-hydrogen) atoms. The van der Waals surface area contributed by atoms with Crippen molar-refractivity contribution in [2.24, 2.45) is 0 Å². The summed E-state index contributed by atoms with van der Waals surface area (Å²) in [7, 11) is 0. The van der Waals surface area contributed by atoms with Crippen molar-refractivity contribution in [3.8, 4) is 6.07 Å². The van der Waals surface area contributed by atoms with Gasteiger partial charge in [-0.05, 0) is 29.8 Å². The fourth-order valence-electron chi connectivity index (χ4n) is 1.39. The van der Waals surface area contributed by atoms with Gasteiger partial charge in [0.15, 0.2) is 0 Å². The molecule has 2 aromatic rings. The molecule has 0 bridgehead atoms. The van der Waals surface area contributed by atoms with E-state index in [2.05, 4.69) is 0 Å². The Balaban J connectivity index is 2.34. The van der Waals surface area contributed by atoms with Gasteiger partial charge in [-0.1, -0.05) is 12.1 Å². The molecule has 0 aliphatic rings. The Hall–Kier alpha value is -2.05. The van der Waals surface area contributed by atoms with Crippen LogP contribution < -0.4 is 0 Å². The van der Waals surface area contributed by atoms with Crippen molar-refractivity contribution < 1.29 is 9.52 Å². The SMILES string of the molecule is N#Cc1cccc([C@@H](O)c2ccco2)c1. The highest BCUT2D eigenvalue weighted by atomic mass is 16.4. The molecule has 0 aliphatic heterocycles. The fourth-order valence-corrected chi connectivity index (χ4v) is 1.39. The molecule has 0 spiro atoms. The van der Waals surface area contributed by atoms with Gasteiger partial charge < -0.3 is 9.52 Å². The Morgan fingerprint density at radius 2 is 2.13 bits per heavy atom. The Kier molecular flexibility index (Phi) is 2.53. The standard InChI is InChI=1S/C12H9NO2/c13-8-9-3-1-4-10(7-9)12(14)11-5-2-6-15-11/h1-7,12,14H/t12-/m1/s1. The van der Waals surface area contributed by atoms with E-state index in [9.17, 15) is 5.11 Å². The van der Waals surface area contributed by atoms with Crippen LogP contribution in [-0.2, 0) is 0 Å². The first-order valence-electron chi connectivity index (χ1n) is 4.53. The van der Waals surface area contributed by atoms with Gasteiger partial charge in [-0.3, -0.25) is 0 Å². The number of nitriles is 1. The van der Waals surface area contributed by atoms with Gasteiger partial charge in [-0.25, -0.2) is 0 Å². The molecule has 0 unspecified atom stereocenters. The summed E-state index contributed by atoms with van der Waals surface area (Å²) in [5.41, 5.74) is 1.18. The van der Waals surface area contributed by atoms with E-state index < -0.39 is 6.10 Å². The number of aliphatic hydroxyl groups excluding tert-OH is 1. The molecule has 74 valence electrons. The van der Waals surface area contributed by atoms with Gasteiger partial charge in [-0.15, -0.1) is 0 Å². The zero-order chi connectivity index (χ0) is 10.7. The van der Waals surface area contributed by atoms with Gasteiger partial charge in [0.2, 0.25) is 0 Å². The monoisotopic (exact) mass is 199 g/mol. The highest BCUT2D eigenvalue weighted by Crippen LogP contribution is 2.22. The third-order valence-electron chi connectivity index (χ3n) is 2.14. The van der Waals surface area contributed by atoms with Crippen LogP contribution in [-0.4, -0.2) is 5.11 Å².